The molecule has 2 atom stereocenters. The molecular formula is C21H25N3O4S. The topological polar surface area (TPSA) is 97.4 Å². The van der Waals surface area contributed by atoms with Gasteiger partial charge in [-0.05, 0) is 25.7 Å². The van der Waals surface area contributed by atoms with Gasteiger partial charge in [-0.2, -0.15) is 0 Å². The van der Waals surface area contributed by atoms with Gasteiger partial charge in [-0.1, -0.05) is 50.1 Å². The van der Waals surface area contributed by atoms with Crippen LogP contribution in [-0.2, 0) is 9.53 Å². The monoisotopic (exact) mass is 415 g/mol. The van der Waals surface area contributed by atoms with Gasteiger partial charge in [-0.25, -0.2) is 14.6 Å². The van der Waals surface area contributed by atoms with Crippen LogP contribution in [0.2, 0.25) is 0 Å². The largest absolute Gasteiger partial charge is 0.451 e. The molecule has 0 saturated heterocycles. The third kappa shape index (κ3) is 5.63. The summed E-state index contributed by atoms with van der Waals surface area (Å²) in [6, 6.07) is 9.03. The van der Waals surface area contributed by atoms with Crippen LogP contribution in [0.15, 0.2) is 30.3 Å². The Morgan fingerprint density at radius 3 is 2.62 bits per heavy atom. The molecule has 154 valence electrons. The molecule has 0 bridgehead atoms. The zero-order valence-corrected chi connectivity index (χ0v) is 17.4. The van der Waals surface area contributed by atoms with E-state index < -0.39 is 24.5 Å². The molecule has 7 nitrogen and oxygen atoms in total. The van der Waals surface area contributed by atoms with Crippen molar-refractivity contribution >= 4 is 29.2 Å². The Bertz CT molecular complexity index is 881. The minimum absolute atomic E-state index is 0.0651. The van der Waals surface area contributed by atoms with Crippen molar-refractivity contribution in [2.24, 2.45) is 5.92 Å². The number of hydrogen-bond acceptors (Lipinski definition) is 6. The second-order valence-electron chi connectivity index (χ2n) is 7.27. The predicted molar refractivity (Wildman–Crippen MR) is 111 cm³/mol. The van der Waals surface area contributed by atoms with Crippen LogP contribution < -0.4 is 10.6 Å². The van der Waals surface area contributed by atoms with Gasteiger partial charge in [0.2, 0.25) is 0 Å². The number of hydrogen-bond donors (Lipinski definition) is 2. The van der Waals surface area contributed by atoms with Crippen LogP contribution in [0.4, 0.5) is 4.79 Å². The summed E-state index contributed by atoms with van der Waals surface area (Å²) in [6.45, 7) is 3.29. The highest BCUT2D eigenvalue weighted by molar-refractivity contribution is 7.17. The normalized spacial score (nSPS) is 18.7. The molecule has 3 rings (SSSR count). The minimum atomic E-state index is -0.662. The fourth-order valence-electron chi connectivity index (χ4n) is 3.38. The first kappa shape index (κ1) is 21.0. The maximum absolute atomic E-state index is 12.3. The Balaban J connectivity index is 1.49. The first-order chi connectivity index (χ1) is 13.9. The Hall–Kier alpha value is -2.74. The van der Waals surface area contributed by atoms with Crippen LogP contribution in [0.25, 0.3) is 10.6 Å². The van der Waals surface area contributed by atoms with Crippen LogP contribution in [0, 0.1) is 12.8 Å². The lowest BCUT2D eigenvalue weighted by molar-refractivity contribution is -0.123. The quantitative estimate of drug-likeness (QED) is 0.726. The van der Waals surface area contributed by atoms with Gasteiger partial charge in [0.1, 0.15) is 9.88 Å². The fourth-order valence-corrected chi connectivity index (χ4v) is 4.35. The number of amides is 3. The zero-order valence-electron chi connectivity index (χ0n) is 16.6. The maximum Gasteiger partial charge on any atom is 0.350 e. The number of carbonyl (C=O) groups excluding carboxylic acids is 3. The van der Waals surface area contributed by atoms with Crippen molar-refractivity contribution in [2.45, 2.75) is 45.6 Å². The second kappa shape index (κ2) is 9.65. The van der Waals surface area contributed by atoms with Crippen LogP contribution in [0.3, 0.4) is 0 Å². The number of ether oxygens (including phenoxy) is 1. The number of urea groups is 1. The third-order valence-corrected chi connectivity index (χ3v) is 6.20. The number of imide groups is 1. The van der Waals surface area contributed by atoms with Gasteiger partial charge in [0.15, 0.2) is 6.61 Å². The number of thiazole rings is 1. The average molecular weight is 416 g/mol. The number of esters is 1. The molecule has 0 unspecified atom stereocenters. The summed E-state index contributed by atoms with van der Waals surface area (Å²) in [5.74, 6) is -0.904. The smallest absolute Gasteiger partial charge is 0.350 e. The number of aromatic nitrogens is 1. The van der Waals surface area contributed by atoms with Gasteiger partial charge in [0.05, 0.1) is 5.69 Å². The lowest BCUT2D eigenvalue weighted by Crippen LogP contribution is -2.48. The molecule has 0 aliphatic heterocycles. The lowest BCUT2D eigenvalue weighted by atomic mass is 9.86. The second-order valence-corrected chi connectivity index (χ2v) is 8.26. The van der Waals surface area contributed by atoms with E-state index in [9.17, 15) is 14.4 Å². The highest BCUT2D eigenvalue weighted by atomic mass is 32.1. The SMILES string of the molecule is Cc1nc(-c2ccccc2)sc1C(=O)OCC(=O)NC(=O)N[C@@H]1CCCC[C@@H]1C. The summed E-state index contributed by atoms with van der Waals surface area (Å²) in [7, 11) is 0. The highest BCUT2D eigenvalue weighted by Crippen LogP contribution is 2.28. The van der Waals surface area contributed by atoms with Gasteiger partial charge in [0, 0.05) is 11.6 Å². The van der Waals surface area contributed by atoms with E-state index in [1.54, 1.807) is 6.92 Å². The Kier molecular flexibility index (Phi) is 6.98. The summed E-state index contributed by atoms with van der Waals surface area (Å²) in [5.41, 5.74) is 1.45. The average Bonchev–Trinajstić information content (AvgIpc) is 3.10. The number of aryl methyl sites for hydroxylation is 1. The summed E-state index contributed by atoms with van der Waals surface area (Å²) < 4.78 is 5.07. The molecule has 0 radical (unpaired) electrons. The summed E-state index contributed by atoms with van der Waals surface area (Å²) in [4.78, 5) is 41.0. The van der Waals surface area contributed by atoms with Gasteiger partial charge >= 0.3 is 12.0 Å². The van der Waals surface area contributed by atoms with E-state index in [1.807, 2.05) is 30.3 Å². The minimum Gasteiger partial charge on any atom is -0.451 e. The number of nitrogens with one attached hydrogen (secondary N) is 2. The molecule has 1 aliphatic carbocycles. The van der Waals surface area contributed by atoms with E-state index in [0.717, 1.165) is 24.8 Å². The molecule has 2 aromatic rings. The van der Waals surface area contributed by atoms with Crippen molar-refractivity contribution in [3.05, 3.63) is 40.9 Å². The number of rotatable bonds is 5. The molecule has 1 aliphatic rings. The van der Waals surface area contributed by atoms with E-state index in [2.05, 4.69) is 22.5 Å². The number of benzene rings is 1. The number of nitrogens with zero attached hydrogens (tertiary/aromatic N) is 1. The van der Waals surface area contributed by atoms with Gasteiger partial charge < -0.3 is 10.1 Å². The predicted octanol–water partition coefficient (Wildman–Crippen LogP) is 3.68. The zero-order chi connectivity index (χ0) is 20.8. The molecule has 1 aromatic heterocycles. The Morgan fingerprint density at radius 2 is 1.90 bits per heavy atom. The molecule has 2 N–H and O–H groups in total. The van der Waals surface area contributed by atoms with Crippen molar-refractivity contribution in [3.63, 3.8) is 0 Å². The molecule has 1 aromatic carbocycles. The first-order valence-electron chi connectivity index (χ1n) is 9.74. The maximum atomic E-state index is 12.3. The van der Waals surface area contributed by atoms with E-state index in [1.165, 1.54) is 17.8 Å². The molecule has 3 amide bonds. The van der Waals surface area contributed by atoms with E-state index >= 15 is 0 Å². The van der Waals surface area contributed by atoms with E-state index in [-0.39, 0.29) is 6.04 Å². The van der Waals surface area contributed by atoms with Crippen molar-refractivity contribution in [1.82, 2.24) is 15.6 Å². The Morgan fingerprint density at radius 1 is 1.17 bits per heavy atom. The number of carbonyl (C=O) groups is 3. The highest BCUT2D eigenvalue weighted by Gasteiger charge is 2.24. The molecule has 1 heterocycles. The van der Waals surface area contributed by atoms with Crippen LogP contribution in [0.1, 0.15) is 48.0 Å². The molecule has 1 fully saturated rings. The first-order valence-corrected chi connectivity index (χ1v) is 10.6. The van der Waals surface area contributed by atoms with Gasteiger partial charge in [0.25, 0.3) is 5.91 Å². The summed E-state index contributed by atoms with van der Waals surface area (Å²) >= 11 is 1.21. The van der Waals surface area contributed by atoms with Crippen LogP contribution >= 0.6 is 11.3 Å². The van der Waals surface area contributed by atoms with Crippen LogP contribution in [0.5, 0.6) is 0 Å². The Labute approximate surface area is 173 Å². The van der Waals surface area contributed by atoms with Gasteiger partial charge in [-0.15, -0.1) is 11.3 Å². The van der Waals surface area contributed by atoms with E-state index in [4.69, 9.17) is 4.74 Å². The van der Waals surface area contributed by atoms with Gasteiger partial charge in [-0.3, -0.25) is 10.1 Å². The molecule has 8 heteroatoms. The van der Waals surface area contributed by atoms with Crippen molar-refractivity contribution in [1.29, 1.82) is 0 Å². The lowest BCUT2D eigenvalue weighted by Gasteiger charge is -2.29. The summed E-state index contributed by atoms with van der Waals surface area (Å²) in [6.07, 6.45) is 4.21. The van der Waals surface area contributed by atoms with Crippen LogP contribution in [-0.4, -0.2) is 35.5 Å². The third-order valence-electron chi connectivity index (χ3n) is 5.02. The standard InChI is InChI=1S/C21H25N3O4S/c1-13-8-6-7-11-16(13)23-21(27)24-17(25)12-28-20(26)18-14(2)22-19(29-18)15-9-4-3-5-10-15/h3-5,9-10,13,16H,6-8,11-12H2,1-2H3,(H2,23,24,25,27)/t13-,16+/m0/s1. The molecule has 1 saturated carbocycles. The van der Waals surface area contributed by atoms with Crippen molar-refractivity contribution in [2.75, 3.05) is 6.61 Å². The van der Waals surface area contributed by atoms with E-state index in [0.29, 0.717) is 21.5 Å². The molecule has 29 heavy (non-hydrogen) atoms. The molecule has 0 spiro atoms. The van der Waals surface area contributed by atoms with Crippen molar-refractivity contribution < 1.29 is 19.1 Å². The fraction of sp³-hybridized carbons (Fsp3) is 0.429. The van der Waals surface area contributed by atoms with Crippen molar-refractivity contribution in [3.8, 4) is 10.6 Å². The summed E-state index contributed by atoms with van der Waals surface area (Å²) in [5, 5.41) is 5.76. The molecular weight excluding hydrogens is 390 g/mol.